The van der Waals surface area contributed by atoms with Gasteiger partial charge in [0.15, 0.2) is 0 Å². The van der Waals surface area contributed by atoms with Gasteiger partial charge in [-0.25, -0.2) is 4.39 Å². The third kappa shape index (κ3) is 4.92. The molecule has 3 heterocycles. The van der Waals surface area contributed by atoms with E-state index in [4.69, 9.17) is 9.47 Å². The van der Waals surface area contributed by atoms with Crippen LogP contribution in [0.2, 0.25) is 0 Å². The smallest absolute Gasteiger partial charge is 0.251 e. The van der Waals surface area contributed by atoms with Gasteiger partial charge in [-0.1, -0.05) is 54.6 Å². The molecule has 3 aromatic carbocycles. The summed E-state index contributed by atoms with van der Waals surface area (Å²) in [5.74, 6) is 0.496. The van der Waals surface area contributed by atoms with Gasteiger partial charge in [0.1, 0.15) is 24.3 Å². The van der Waals surface area contributed by atoms with Crippen molar-refractivity contribution in [1.29, 1.82) is 0 Å². The summed E-state index contributed by atoms with van der Waals surface area (Å²) >= 11 is 0. The van der Waals surface area contributed by atoms with Crippen LogP contribution in [0.4, 0.5) is 4.39 Å². The van der Waals surface area contributed by atoms with Crippen LogP contribution in [0, 0.1) is 5.82 Å². The van der Waals surface area contributed by atoms with Crippen LogP contribution in [-0.2, 0) is 16.1 Å². The summed E-state index contributed by atoms with van der Waals surface area (Å²) in [6.45, 7) is 4.34. The van der Waals surface area contributed by atoms with Gasteiger partial charge in [0.05, 0.1) is 11.6 Å². The first kappa shape index (κ1) is 25.6. The number of aliphatic hydroxyl groups excluding tert-OH is 1. The molecule has 1 atom stereocenters. The fourth-order valence-corrected chi connectivity index (χ4v) is 5.94. The molecule has 0 spiro atoms. The Labute approximate surface area is 227 Å². The lowest BCUT2D eigenvalue weighted by atomic mass is 9.89. The van der Waals surface area contributed by atoms with Gasteiger partial charge in [-0.2, -0.15) is 0 Å². The third-order valence-electron chi connectivity index (χ3n) is 7.90. The van der Waals surface area contributed by atoms with Crippen molar-refractivity contribution < 1.29 is 23.8 Å². The van der Waals surface area contributed by atoms with Gasteiger partial charge in [0.25, 0.3) is 5.91 Å². The van der Waals surface area contributed by atoms with E-state index in [2.05, 4.69) is 10.6 Å². The van der Waals surface area contributed by atoms with Gasteiger partial charge in [0.2, 0.25) is 0 Å². The largest absolute Gasteiger partial charge is 0.487 e. The van der Waals surface area contributed by atoms with Gasteiger partial charge in [-0.3, -0.25) is 4.79 Å². The van der Waals surface area contributed by atoms with Crippen molar-refractivity contribution in [2.75, 3.05) is 26.3 Å². The minimum atomic E-state index is -1.03. The van der Waals surface area contributed by atoms with Gasteiger partial charge in [0, 0.05) is 48.9 Å². The second-order valence-electron chi connectivity index (χ2n) is 10.5. The SMILES string of the molecule is CC(O)C(=O)N1CC(n2c(C3CCOCC3)c(-c3ccc(F)cc3)c3cccc(OCc4ccccc4)c32)C1. The van der Waals surface area contributed by atoms with Crippen molar-refractivity contribution in [2.24, 2.45) is 0 Å². The van der Waals surface area contributed by atoms with E-state index in [1.165, 1.54) is 24.8 Å². The lowest BCUT2D eigenvalue weighted by Crippen LogP contribution is -2.53. The number of hydrogen-bond donors (Lipinski definition) is 1. The molecule has 202 valence electrons. The molecule has 1 aromatic heterocycles. The van der Waals surface area contributed by atoms with E-state index >= 15 is 0 Å². The number of aliphatic hydroxyl groups is 1. The summed E-state index contributed by atoms with van der Waals surface area (Å²) in [6.07, 6.45) is 0.739. The predicted octanol–water partition coefficient (Wildman–Crippen LogP) is 5.68. The average Bonchev–Trinajstić information content (AvgIpc) is 3.28. The molecule has 6 nitrogen and oxygen atoms in total. The number of carbonyl (C=O) groups excluding carboxylic acids is 1. The first-order valence-electron chi connectivity index (χ1n) is 13.7. The molecule has 2 fully saturated rings. The van der Waals surface area contributed by atoms with Crippen molar-refractivity contribution in [2.45, 2.75) is 44.4 Å². The molecule has 2 aliphatic heterocycles. The number of ether oxygens (including phenoxy) is 2. The fourth-order valence-electron chi connectivity index (χ4n) is 5.94. The highest BCUT2D eigenvalue weighted by Crippen LogP contribution is 2.47. The summed E-state index contributed by atoms with van der Waals surface area (Å²) in [5.41, 5.74) is 5.29. The van der Waals surface area contributed by atoms with Crippen molar-refractivity contribution in [3.8, 4) is 16.9 Å². The van der Waals surface area contributed by atoms with Crippen LogP contribution < -0.4 is 4.74 Å². The predicted molar refractivity (Wildman–Crippen MR) is 148 cm³/mol. The van der Waals surface area contributed by atoms with Crippen LogP contribution in [0.1, 0.15) is 43.0 Å². The fraction of sp³-hybridized carbons (Fsp3) is 0.344. The monoisotopic (exact) mass is 528 g/mol. The summed E-state index contributed by atoms with van der Waals surface area (Å²) in [5, 5.41) is 10.9. The lowest BCUT2D eigenvalue weighted by molar-refractivity contribution is -0.145. The minimum absolute atomic E-state index is 0.0312. The Bertz CT molecular complexity index is 1450. The second kappa shape index (κ2) is 10.8. The maximum atomic E-state index is 14.0. The number of fused-ring (bicyclic) bond motifs is 1. The molecule has 1 amide bonds. The number of likely N-dealkylation sites (tertiary alicyclic amines) is 1. The Morgan fingerprint density at radius 2 is 1.74 bits per heavy atom. The summed E-state index contributed by atoms with van der Waals surface area (Å²) in [7, 11) is 0. The third-order valence-corrected chi connectivity index (χ3v) is 7.90. The van der Waals surface area contributed by atoms with Crippen LogP contribution in [0.5, 0.6) is 5.75 Å². The summed E-state index contributed by atoms with van der Waals surface area (Å²) in [4.78, 5) is 14.2. The first-order chi connectivity index (χ1) is 19.0. The zero-order valence-corrected chi connectivity index (χ0v) is 22.1. The van der Waals surface area contributed by atoms with Gasteiger partial charge in [-0.15, -0.1) is 0 Å². The maximum absolute atomic E-state index is 14.0. The number of para-hydroxylation sites is 1. The number of rotatable bonds is 7. The lowest BCUT2D eigenvalue weighted by Gasteiger charge is -2.42. The molecular weight excluding hydrogens is 495 g/mol. The topological polar surface area (TPSA) is 63.9 Å². The van der Waals surface area contributed by atoms with Crippen molar-refractivity contribution >= 4 is 16.8 Å². The van der Waals surface area contributed by atoms with Crippen molar-refractivity contribution in [1.82, 2.24) is 9.47 Å². The molecular formula is C32H33FN2O4. The zero-order chi connectivity index (χ0) is 26.9. The van der Waals surface area contributed by atoms with Crippen LogP contribution in [0.15, 0.2) is 72.8 Å². The van der Waals surface area contributed by atoms with E-state index in [0.717, 1.165) is 46.2 Å². The first-order valence-corrected chi connectivity index (χ1v) is 13.7. The molecule has 6 rings (SSSR count). The molecule has 0 aliphatic carbocycles. The Balaban J connectivity index is 1.52. The summed E-state index contributed by atoms with van der Waals surface area (Å²) < 4.78 is 28.5. The Morgan fingerprint density at radius 3 is 2.44 bits per heavy atom. The van der Waals surface area contributed by atoms with E-state index in [0.29, 0.717) is 32.9 Å². The van der Waals surface area contributed by atoms with E-state index in [-0.39, 0.29) is 23.7 Å². The molecule has 1 unspecified atom stereocenters. The minimum Gasteiger partial charge on any atom is -0.487 e. The van der Waals surface area contributed by atoms with Crippen molar-refractivity contribution in [3.63, 3.8) is 0 Å². The van der Waals surface area contributed by atoms with Gasteiger partial charge in [-0.05, 0) is 49.1 Å². The standard InChI is InChI=1S/C32H33FN2O4/c1-21(36)32(37)34-18-26(19-34)35-30(24-14-16-38-17-15-24)29(23-10-12-25(33)13-11-23)27-8-5-9-28(31(27)35)39-20-22-6-3-2-4-7-22/h2-13,21,24,26,36H,14-20H2,1H3. The molecule has 0 saturated carbocycles. The maximum Gasteiger partial charge on any atom is 0.251 e. The van der Waals surface area contributed by atoms with Crippen LogP contribution in [-0.4, -0.2) is 52.9 Å². The summed E-state index contributed by atoms with van der Waals surface area (Å²) in [6, 6.07) is 22.9. The van der Waals surface area contributed by atoms with E-state index in [1.54, 1.807) is 4.90 Å². The quantitative estimate of drug-likeness (QED) is 0.335. The van der Waals surface area contributed by atoms with Crippen LogP contribution >= 0.6 is 0 Å². The van der Waals surface area contributed by atoms with Gasteiger partial charge >= 0.3 is 0 Å². The molecule has 2 aliphatic rings. The highest BCUT2D eigenvalue weighted by Gasteiger charge is 2.38. The molecule has 39 heavy (non-hydrogen) atoms. The van der Waals surface area contributed by atoms with Crippen molar-refractivity contribution in [3.05, 3.63) is 89.9 Å². The Kier molecular flexibility index (Phi) is 7.11. The number of halogens is 1. The molecule has 0 bridgehead atoms. The van der Waals surface area contributed by atoms with E-state index in [9.17, 15) is 14.3 Å². The zero-order valence-electron chi connectivity index (χ0n) is 22.1. The normalized spacial score (nSPS) is 17.3. The second-order valence-corrected chi connectivity index (χ2v) is 10.5. The van der Waals surface area contributed by atoms with E-state index in [1.807, 2.05) is 54.6 Å². The molecule has 0 radical (unpaired) electrons. The number of hydrogen-bond acceptors (Lipinski definition) is 4. The molecule has 1 N–H and O–H groups in total. The number of aromatic nitrogens is 1. The average molecular weight is 529 g/mol. The highest BCUT2D eigenvalue weighted by molar-refractivity contribution is 6.01. The molecule has 7 heteroatoms. The Hall–Kier alpha value is -3.68. The Morgan fingerprint density at radius 1 is 1.03 bits per heavy atom. The van der Waals surface area contributed by atoms with Crippen LogP contribution in [0.25, 0.3) is 22.0 Å². The number of carbonyl (C=O) groups is 1. The molecule has 2 saturated heterocycles. The van der Waals surface area contributed by atoms with E-state index < -0.39 is 6.10 Å². The highest BCUT2D eigenvalue weighted by atomic mass is 19.1. The van der Waals surface area contributed by atoms with Crippen LogP contribution in [0.3, 0.4) is 0 Å². The number of benzene rings is 3. The molecule has 4 aromatic rings. The number of amides is 1. The van der Waals surface area contributed by atoms with Gasteiger partial charge < -0.3 is 24.0 Å². The number of nitrogens with zero attached hydrogens (tertiary/aromatic N) is 2.